The van der Waals surface area contributed by atoms with Crippen LogP contribution in [0.2, 0.25) is 0 Å². The van der Waals surface area contributed by atoms with Crippen LogP contribution in [0.5, 0.6) is 0 Å². The predicted molar refractivity (Wildman–Crippen MR) is 139 cm³/mol. The molecule has 0 radical (unpaired) electrons. The molecule has 1 aliphatic carbocycles. The quantitative estimate of drug-likeness (QED) is 0.398. The van der Waals surface area contributed by atoms with Crippen molar-refractivity contribution in [1.82, 2.24) is 30.5 Å². The summed E-state index contributed by atoms with van der Waals surface area (Å²) < 4.78 is 0. The largest absolute Gasteiger partial charge is 0.351 e. The van der Waals surface area contributed by atoms with Gasteiger partial charge in [0.25, 0.3) is 5.91 Å². The van der Waals surface area contributed by atoms with Crippen LogP contribution in [0.15, 0.2) is 79.1 Å². The molecule has 0 saturated heterocycles. The highest BCUT2D eigenvalue weighted by atomic mass is 16.2. The average molecular weight is 496 g/mol. The Labute approximate surface area is 215 Å². The Kier molecular flexibility index (Phi) is 7.30. The number of anilines is 1. The summed E-state index contributed by atoms with van der Waals surface area (Å²) in [4.78, 5) is 34.5. The summed E-state index contributed by atoms with van der Waals surface area (Å²) in [6, 6.07) is 19.8. The van der Waals surface area contributed by atoms with Gasteiger partial charge in [-0.15, -0.1) is 10.2 Å². The van der Waals surface area contributed by atoms with Gasteiger partial charge < -0.3 is 5.32 Å². The number of tetrazole rings is 1. The van der Waals surface area contributed by atoms with Crippen molar-refractivity contribution in [3.63, 3.8) is 0 Å². The van der Waals surface area contributed by atoms with E-state index in [4.69, 9.17) is 0 Å². The van der Waals surface area contributed by atoms with Crippen molar-refractivity contribution in [3.05, 3.63) is 90.3 Å². The van der Waals surface area contributed by atoms with E-state index in [0.29, 0.717) is 17.1 Å². The molecule has 2 amide bonds. The molecule has 2 aromatic carbocycles. The molecule has 0 spiro atoms. The van der Waals surface area contributed by atoms with Gasteiger partial charge in [-0.3, -0.25) is 19.5 Å². The highest BCUT2D eigenvalue weighted by Gasteiger charge is 2.34. The molecule has 1 N–H and O–H groups in total. The van der Waals surface area contributed by atoms with Crippen LogP contribution >= 0.6 is 0 Å². The van der Waals surface area contributed by atoms with Gasteiger partial charge in [0.05, 0.1) is 0 Å². The Hall–Kier alpha value is -4.40. The second-order valence-corrected chi connectivity index (χ2v) is 9.28. The zero-order chi connectivity index (χ0) is 25.6. The van der Waals surface area contributed by atoms with Crippen LogP contribution in [0.4, 0.5) is 5.69 Å². The number of carbonyl (C=O) groups is 2. The van der Waals surface area contributed by atoms with E-state index in [2.05, 4.69) is 25.7 Å². The molecule has 0 unspecified atom stereocenters. The lowest BCUT2D eigenvalue weighted by Crippen LogP contribution is -2.47. The first kappa shape index (κ1) is 24.3. The lowest BCUT2D eigenvalue weighted by molar-refractivity contribution is -0.127. The Bertz CT molecular complexity index is 1330. The highest BCUT2D eigenvalue weighted by Crippen LogP contribution is 2.29. The molecule has 0 aliphatic heterocycles. The Morgan fingerprint density at radius 2 is 1.70 bits per heavy atom. The lowest BCUT2D eigenvalue weighted by atomic mass is 10.0. The van der Waals surface area contributed by atoms with Crippen LogP contribution in [0, 0.1) is 6.92 Å². The highest BCUT2D eigenvalue weighted by molar-refractivity contribution is 6.01. The number of carbonyl (C=O) groups excluding carboxylic acids is 2. The maximum Gasteiger partial charge on any atom is 0.251 e. The van der Waals surface area contributed by atoms with Gasteiger partial charge in [0.15, 0.2) is 0 Å². The molecule has 9 nitrogen and oxygen atoms in total. The third kappa shape index (κ3) is 5.72. The summed E-state index contributed by atoms with van der Waals surface area (Å²) >= 11 is 0. The summed E-state index contributed by atoms with van der Waals surface area (Å²) in [5.41, 5.74) is 3.22. The first-order chi connectivity index (χ1) is 18.1. The van der Waals surface area contributed by atoms with E-state index in [9.17, 15) is 9.59 Å². The van der Waals surface area contributed by atoms with Crippen molar-refractivity contribution in [2.45, 2.75) is 51.2 Å². The summed E-state index contributed by atoms with van der Waals surface area (Å²) in [5, 5.41) is 15.8. The third-order valence-electron chi connectivity index (χ3n) is 6.57. The Morgan fingerprint density at radius 1 is 1.00 bits per heavy atom. The molecule has 37 heavy (non-hydrogen) atoms. The number of pyridine rings is 1. The number of amides is 2. The average Bonchev–Trinajstić information content (AvgIpc) is 3.61. The van der Waals surface area contributed by atoms with Crippen LogP contribution in [0.25, 0.3) is 11.4 Å². The molecule has 9 heteroatoms. The number of benzene rings is 2. The second-order valence-electron chi connectivity index (χ2n) is 9.28. The van der Waals surface area contributed by atoms with E-state index in [1.54, 1.807) is 24.5 Å². The van der Waals surface area contributed by atoms with Crippen molar-refractivity contribution in [1.29, 1.82) is 0 Å². The van der Waals surface area contributed by atoms with Gasteiger partial charge in [-0.2, -0.15) is 4.80 Å². The number of nitrogens with zero attached hydrogens (tertiary/aromatic N) is 6. The van der Waals surface area contributed by atoms with Crippen LogP contribution < -0.4 is 10.2 Å². The molecule has 1 fully saturated rings. The fourth-order valence-corrected chi connectivity index (χ4v) is 4.66. The van der Waals surface area contributed by atoms with Crippen LogP contribution in [-0.2, 0) is 16.1 Å². The minimum atomic E-state index is -0.876. The lowest BCUT2D eigenvalue weighted by Gasteiger charge is -2.32. The number of hydrogen-bond donors (Lipinski definition) is 1. The summed E-state index contributed by atoms with van der Waals surface area (Å²) in [5.74, 6) is -0.117. The van der Waals surface area contributed by atoms with Gasteiger partial charge in [0.2, 0.25) is 11.7 Å². The number of aromatic nitrogens is 5. The van der Waals surface area contributed by atoms with Crippen LogP contribution in [0.3, 0.4) is 0 Å². The molecular weight excluding hydrogens is 466 g/mol. The third-order valence-corrected chi connectivity index (χ3v) is 6.57. The molecule has 0 bridgehead atoms. The summed E-state index contributed by atoms with van der Waals surface area (Å²) in [7, 11) is 0. The normalized spacial score (nSPS) is 14.3. The maximum absolute atomic E-state index is 13.9. The smallest absolute Gasteiger partial charge is 0.251 e. The predicted octanol–water partition coefficient (Wildman–Crippen LogP) is 3.88. The first-order valence-electron chi connectivity index (χ1n) is 12.5. The fraction of sp³-hybridized carbons (Fsp3) is 0.286. The number of para-hydroxylation sites is 1. The Morgan fingerprint density at radius 3 is 2.41 bits per heavy atom. The second kappa shape index (κ2) is 11.1. The monoisotopic (exact) mass is 495 g/mol. The van der Waals surface area contributed by atoms with Gasteiger partial charge in [-0.25, -0.2) is 0 Å². The van der Waals surface area contributed by atoms with Gasteiger partial charge >= 0.3 is 0 Å². The summed E-state index contributed by atoms with van der Waals surface area (Å²) in [6.45, 7) is 1.83. The minimum Gasteiger partial charge on any atom is -0.351 e. The molecule has 1 saturated carbocycles. The van der Waals surface area contributed by atoms with Gasteiger partial charge in [-0.1, -0.05) is 60.9 Å². The van der Waals surface area contributed by atoms with Crippen LogP contribution in [-0.4, -0.2) is 43.0 Å². The van der Waals surface area contributed by atoms with E-state index < -0.39 is 6.04 Å². The number of aryl methyl sites for hydroxylation is 1. The molecular formula is C28H29N7O2. The van der Waals surface area contributed by atoms with Gasteiger partial charge in [0, 0.05) is 29.7 Å². The molecule has 2 heterocycles. The molecule has 1 atom stereocenters. The summed E-state index contributed by atoms with van der Waals surface area (Å²) in [6.07, 6.45) is 7.33. The van der Waals surface area contributed by atoms with Crippen molar-refractivity contribution < 1.29 is 9.59 Å². The van der Waals surface area contributed by atoms with Crippen LogP contribution in [0.1, 0.15) is 42.9 Å². The van der Waals surface area contributed by atoms with E-state index in [-0.39, 0.29) is 24.4 Å². The van der Waals surface area contributed by atoms with E-state index in [1.165, 1.54) is 9.70 Å². The van der Waals surface area contributed by atoms with Gasteiger partial charge in [0.1, 0.15) is 12.6 Å². The maximum atomic E-state index is 13.9. The number of hydrogen-bond acceptors (Lipinski definition) is 6. The van der Waals surface area contributed by atoms with E-state index in [0.717, 1.165) is 36.8 Å². The molecule has 4 aromatic rings. The SMILES string of the molecule is Cc1ccc(-c2nnn(CC(=O)N(c3ccccc3)[C@H](C(=O)NC3CCCC3)c3ccncc3)n2)cc1. The number of rotatable bonds is 8. The van der Waals surface area contributed by atoms with E-state index in [1.807, 2.05) is 61.5 Å². The molecule has 188 valence electrons. The number of nitrogens with one attached hydrogen (secondary N) is 1. The topological polar surface area (TPSA) is 106 Å². The van der Waals surface area contributed by atoms with Gasteiger partial charge in [-0.05, 0) is 54.8 Å². The molecule has 2 aromatic heterocycles. The fourth-order valence-electron chi connectivity index (χ4n) is 4.66. The van der Waals surface area contributed by atoms with E-state index >= 15 is 0 Å². The minimum absolute atomic E-state index is 0.110. The molecule has 5 rings (SSSR count). The molecule has 1 aliphatic rings. The van der Waals surface area contributed by atoms with Crippen molar-refractivity contribution in [2.24, 2.45) is 0 Å². The zero-order valence-electron chi connectivity index (χ0n) is 20.7. The first-order valence-corrected chi connectivity index (χ1v) is 12.5. The standard InChI is InChI=1S/C28H29N7O2/c1-20-11-13-22(14-12-20)27-31-33-34(32-27)19-25(36)35(24-9-3-2-4-10-24)26(21-15-17-29-18-16-21)28(37)30-23-7-5-6-8-23/h2-4,9-18,23,26H,5-8,19H2,1H3,(H,30,37)/t26-/m0/s1. The van der Waals surface area contributed by atoms with Crippen molar-refractivity contribution in [2.75, 3.05) is 4.90 Å². The van der Waals surface area contributed by atoms with Crippen molar-refractivity contribution in [3.8, 4) is 11.4 Å². The van der Waals surface area contributed by atoms with Crippen molar-refractivity contribution >= 4 is 17.5 Å². The zero-order valence-corrected chi connectivity index (χ0v) is 20.7. The Balaban J connectivity index is 1.46.